The summed E-state index contributed by atoms with van der Waals surface area (Å²) in [5.41, 5.74) is 2.44. The number of amides is 1. The predicted molar refractivity (Wildman–Crippen MR) is 75.1 cm³/mol. The van der Waals surface area contributed by atoms with Crippen LogP contribution in [0.15, 0.2) is 24.3 Å². The van der Waals surface area contributed by atoms with Gasteiger partial charge in [0, 0.05) is 38.1 Å². The number of piperazine rings is 1. The van der Waals surface area contributed by atoms with E-state index in [0.29, 0.717) is 13.1 Å². The SMILES string of the molecule is Cc1ccc(N2CCN(C(=O)OCC=N)CC2)cc1. The molecule has 0 radical (unpaired) electrons. The van der Waals surface area contributed by atoms with Crippen LogP contribution in [0.25, 0.3) is 0 Å². The molecule has 19 heavy (non-hydrogen) atoms. The Balaban J connectivity index is 1.86. The molecule has 1 saturated heterocycles. The molecule has 1 aromatic rings. The molecule has 5 heteroatoms. The van der Waals surface area contributed by atoms with Gasteiger partial charge < -0.3 is 19.9 Å². The van der Waals surface area contributed by atoms with Crippen LogP contribution in [0.2, 0.25) is 0 Å². The maximum absolute atomic E-state index is 11.6. The molecule has 1 aliphatic heterocycles. The van der Waals surface area contributed by atoms with E-state index >= 15 is 0 Å². The van der Waals surface area contributed by atoms with Crippen LogP contribution in [0.3, 0.4) is 0 Å². The Morgan fingerprint density at radius 3 is 2.47 bits per heavy atom. The number of benzene rings is 1. The van der Waals surface area contributed by atoms with Gasteiger partial charge in [-0.2, -0.15) is 0 Å². The molecule has 0 saturated carbocycles. The third kappa shape index (κ3) is 3.47. The van der Waals surface area contributed by atoms with E-state index in [1.165, 1.54) is 11.3 Å². The smallest absolute Gasteiger partial charge is 0.410 e. The minimum atomic E-state index is -0.327. The van der Waals surface area contributed by atoms with Crippen LogP contribution in [0.1, 0.15) is 5.56 Å². The topological polar surface area (TPSA) is 56.6 Å². The van der Waals surface area contributed by atoms with E-state index in [4.69, 9.17) is 10.1 Å². The fourth-order valence-corrected chi connectivity index (χ4v) is 2.11. The number of hydrogen-bond acceptors (Lipinski definition) is 4. The highest BCUT2D eigenvalue weighted by Gasteiger charge is 2.21. The average molecular weight is 261 g/mol. The lowest BCUT2D eigenvalue weighted by atomic mass is 10.2. The summed E-state index contributed by atoms with van der Waals surface area (Å²) in [6.45, 7) is 5.05. The van der Waals surface area contributed by atoms with Gasteiger partial charge in [0.05, 0.1) is 0 Å². The molecular formula is C14H19N3O2. The molecule has 102 valence electrons. The first-order valence-electron chi connectivity index (χ1n) is 6.43. The molecule has 0 unspecified atom stereocenters. The van der Waals surface area contributed by atoms with Gasteiger partial charge >= 0.3 is 6.09 Å². The third-order valence-electron chi connectivity index (χ3n) is 3.23. The number of rotatable bonds is 3. The number of nitrogens with zero attached hydrogens (tertiary/aromatic N) is 2. The number of anilines is 1. The van der Waals surface area contributed by atoms with Gasteiger partial charge in [-0.15, -0.1) is 0 Å². The van der Waals surface area contributed by atoms with Crippen LogP contribution in [0.4, 0.5) is 10.5 Å². The summed E-state index contributed by atoms with van der Waals surface area (Å²) in [5.74, 6) is 0. The predicted octanol–water partition coefficient (Wildman–Crippen LogP) is 1.90. The van der Waals surface area contributed by atoms with Gasteiger partial charge in [-0.25, -0.2) is 4.79 Å². The first kappa shape index (κ1) is 13.4. The van der Waals surface area contributed by atoms with Gasteiger partial charge in [-0.3, -0.25) is 0 Å². The molecule has 0 aliphatic carbocycles. The molecule has 0 spiro atoms. The maximum Gasteiger partial charge on any atom is 0.410 e. The van der Waals surface area contributed by atoms with Gasteiger partial charge in [0.1, 0.15) is 6.61 Å². The van der Waals surface area contributed by atoms with Crippen molar-refractivity contribution in [3.05, 3.63) is 29.8 Å². The van der Waals surface area contributed by atoms with Gasteiger partial charge in [-0.1, -0.05) is 17.7 Å². The Labute approximate surface area is 113 Å². The van der Waals surface area contributed by atoms with E-state index in [1.807, 2.05) is 0 Å². The summed E-state index contributed by atoms with van der Waals surface area (Å²) < 4.78 is 4.91. The quantitative estimate of drug-likeness (QED) is 0.845. The van der Waals surface area contributed by atoms with Gasteiger partial charge in [-0.05, 0) is 19.1 Å². The minimum Gasteiger partial charge on any atom is -0.444 e. The summed E-state index contributed by atoms with van der Waals surface area (Å²) in [4.78, 5) is 15.6. The number of nitrogens with one attached hydrogen (secondary N) is 1. The van der Waals surface area contributed by atoms with Gasteiger partial charge in [0.2, 0.25) is 0 Å². The first-order chi connectivity index (χ1) is 9.20. The molecule has 0 bridgehead atoms. The highest BCUT2D eigenvalue weighted by atomic mass is 16.6. The summed E-state index contributed by atoms with van der Waals surface area (Å²) in [6.07, 6.45) is 0.757. The molecular weight excluding hydrogens is 242 g/mol. The fourth-order valence-electron chi connectivity index (χ4n) is 2.11. The number of hydrogen-bond donors (Lipinski definition) is 1. The van der Waals surface area contributed by atoms with Gasteiger partial charge in [0.25, 0.3) is 0 Å². The molecule has 0 aromatic heterocycles. The molecule has 0 atom stereocenters. The van der Waals surface area contributed by atoms with Crippen molar-refractivity contribution in [1.29, 1.82) is 5.41 Å². The van der Waals surface area contributed by atoms with E-state index in [1.54, 1.807) is 4.90 Å². The Morgan fingerprint density at radius 1 is 1.26 bits per heavy atom. The van der Waals surface area contributed by atoms with Crippen LogP contribution in [-0.2, 0) is 4.74 Å². The third-order valence-corrected chi connectivity index (χ3v) is 3.23. The standard InChI is InChI=1S/C14H19N3O2/c1-12-2-4-13(5-3-12)16-7-9-17(10-8-16)14(18)19-11-6-15/h2-6,15H,7-11H2,1H3. The molecule has 5 nitrogen and oxygen atoms in total. The monoisotopic (exact) mass is 261 g/mol. The number of aryl methyl sites for hydroxylation is 1. The Morgan fingerprint density at radius 2 is 1.89 bits per heavy atom. The minimum absolute atomic E-state index is 0.0526. The highest BCUT2D eigenvalue weighted by molar-refractivity contribution is 5.70. The van der Waals surface area contributed by atoms with Gasteiger partial charge in [0.15, 0.2) is 0 Å². The number of carbonyl (C=O) groups excluding carboxylic acids is 1. The maximum atomic E-state index is 11.6. The lowest BCUT2D eigenvalue weighted by Crippen LogP contribution is -2.49. The van der Waals surface area contributed by atoms with Crippen molar-refractivity contribution < 1.29 is 9.53 Å². The van der Waals surface area contributed by atoms with Crippen LogP contribution < -0.4 is 4.90 Å². The van der Waals surface area contributed by atoms with Crippen molar-refractivity contribution in [3.63, 3.8) is 0 Å². The molecule has 1 aromatic carbocycles. The van der Waals surface area contributed by atoms with Crippen LogP contribution in [-0.4, -0.2) is 50.0 Å². The van der Waals surface area contributed by atoms with Crippen molar-refractivity contribution in [2.24, 2.45) is 0 Å². The second-order valence-electron chi connectivity index (χ2n) is 4.59. The number of carbonyl (C=O) groups is 1. The zero-order valence-corrected chi connectivity index (χ0v) is 11.1. The second-order valence-corrected chi connectivity index (χ2v) is 4.59. The molecule has 1 aliphatic rings. The first-order valence-corrected chi connectivity index (χ1v) is 6.43. The van der Waals surface area contributed by atoms with Crippen molar-refractivity contribution in [2.75, 3.05) is 37.7 Å². The van der Waals surface area contributed by atoms with E-state index in [0.717, 1.165) is 19.3 Å². The molecule has 2 rings (SSSR count). The van der Waals surface area contributed by atoms with Crippen molar-refractivity contribution in [1.82, 2.24) is 4.90 Å². The van der Waals surface area contributed by atoms with E-state index < -0.39 is 0 Å². The van der Waals surface area contributed by atoms with E-state index in [2.05, 4.69) is 36.1 Å². The summed E-state index contributed by atoms with van der Waals surface area (Å²) in [5, 5.41) is 6.84. The molecule has 1 heterocycles. The Kier molecular flexibility index (Phi) is 4.39. The summed E-state index contributed by atoms with van der Waals surface area (Å²) >= 11 is 0. The lowest BCUT2D eigenvalue weighted by Gasteiger charge is -2.35. The lowest BCUT2D eigenvalue weighted by molar-refractivity contribution is 0.114. The Bertz CT molecular complexity index is 437. The number of ether oxygens (including phenoxy) is 1. The largest absolute Gasteiger partial charge is 0.444 e. The van der Waals surface area contributed by atoms with Crippen molar-refractivity contribution in [3.8, 4) is 0 Å². The van der Waals surface area contributed by atoms with Crippen LogP contribution in [0.5, 0.6) is 0 Å². The summed E-state index contributed by atoms with van der Waals surface area (Å²) in [7, 11) is 0. The molecule has 1 fully saturated rings. The van der Waals surface area contributed by atoms with Crippen LogP contribution >= 0.6 is 0 Å². The second kappa shape index (κ2) is 6.22. The molecule has 1 N–H and O–H groups in total. The average Bonchev–Trinajstić information content (AvgIpc) is 2.46. The van der Waals surface area contributed by atoms with Crippen molar-refractivity contribution in [2.45, 2.75) is 6.92 Å². The van der Waals surface area contributed by atoms with Crippen LogP contribution in [0, 0.1) is 12.3 Å². The zero-order chi connectivity index (χ0) is 13.7. The van der Waals surface area contributed by atoms with Crippen molar-refractivity contribution >= 4 is 18.0 Å². The fraction of sp³-hybridized carbons (Fsp3) is 0.429. The van der Waals surface area contributed by atoms with E-state index in [9.17, 15) is 4.79 Å². The Hall–Kier alpha value is -2.04. The molecule has 1 amide bonds. The summed E-state index contributed by atoms with van der Waals surface area (Å²) in [6, 6.07) is 8.41. The van der Waals surface area contributed by atoms with E-state index in [-0.39, 0.29) is 12.7 Å². The highest BCUT2D eigenvalue weighted by Crippen LogP contribution is 2.17. The normalized spacial score (nSPS) is 15.2. The zero-order valence-electron chi connectivity index (χ0n) is 11.1.